The number of rotatable bonds is 3. The van der Waals surface area contributed by atoms with E-state index in [0.29, 0.717) is 12.4 Å². The molecule has 5 heteroatoms. The second-order valence-corrected chi connectivity index (χ2v) is 4.41. The molecule has 0 bridgehead atoms. The lowest BCUT2D eigenvalue weighted by atomic mass is 10.1. The minimum Gasteiger partial charge on any atom is -0.385 e. The maximum atomic E-state index is 9.96. The normalized spacial score (nSPS) is 17.1. The third-order valence-electron chi connectivity index (χ3n) is 3.14. The number of nitrogens with zero attached hydrogens (tertiary/aromatic N) is 4. The van der Waals surface area contributed by atoms with Crippen LogP contribution in [-0.2, 0) is 12.1 Å². The Hall–Kier alpha value is -1.75. The van der Waals surface area contributed by atoms with Crippen molar-refractivity contribution < 1.29 is 5.11 Å². The second-order valence-electron chi connectivity index (χ2n) is 4.41. The summed E-state index contributed by atoms with van der Waals surface area (Å²) in [4.78, 5) is 1.55. The van der Waals surface area contributed by atoms with Crippen LogP contribution in [0.2, 0.25) is 0 Å². The first kappa shape index (κ1) is 10.4. The van der Waals surface area contributed by atoms with Gasteiger partial charge in [-0.05, 0) is 30.5 Å². The van der Waals surface area contributed by atoms with Crippen LogP contribution in [0.15, 0.2) is 24.3 Å². The van der Waals surface area contributed by atoms with E-state index < -0.39 is 5.60 Å². The Labute approximate surface area is 99.1 Å². The molecule has 0 aliphatic heterocycles. The van der Waals surface area contributed by atoms with Gasteiger partial charge >= 0.3 is 0 Å². The summed E-state index contributed by atoms with van der Waals surface area (Å²) < 4.78 is 0. The zero-order chi connectivity index (χ0) is 11.9. The zero-order valence-corrected chi connectivity index (χ0v) is 9.67. The highest BCUT2D eigenvalue weighted by Gasteiger charge is 2.41. The topological polar surface area (TPSA) is 63.8 Å². The van der Waals surface area contributed by atoms with Gasteiger partial charge in [0.15, 0.2) is 0 Å². The molecule has 1 fully saturated rings. The molecular formula is C12H14N4O. The van der Waals surface area contributed by atoms with Crippen molar-refractivity contribution in [3.05, 3.63) is 29.8 Å². The number of aromatic nitrogens is 4. The van der Waals surface area contributed by atoms with Gasteiger partial charge in [-0.15, -0.1) is 10.2 Å². The molecule has 88 valence electrons. The van der Waals surface area contributed by atoms with Gasteiger partial charge in [-0.25, -0.2) is 0 Å². The van der Waals surface area contributed by atoms with E-state index in [9.17, 15) is 5.11 Å². The first-order valence-corrected chi connectivity index (χ1v) is 5.82. The highest BCUT2D eigenvalue weighted by Crippen LogP contribution is 2.45. The van der Waals surface area contributed by atoms with E-state index in [-0.39, 0.29) is 0 Å². The molecule has 1 aromatic heterocycles. The van der Waals surface area contributed by atoms with Crippen molar-refractivity contribution >= 4 is 0 Å². The van der Waals surface area contributed by atoms with Gasteiger partial charge in [0.05, 0.1) is 12.1 Å². The molecular weight excluding hydrogens is 216 g/mol. The molecule has 1 saturated carbocycles. The minimum atomic E-state index is -0.576. The van der Waals surface area contributed by atoms with E-state index in [1.165, 1.54) is 0 Å². The smallest absolute Gasteiger partial charge is 0.204 e. The van der Waals surface area contributed by atoms with Crippen LogP contribution >= 0.6 is 0 Å². The summed E-state index contributed by atoms with van der Waals surface area (Å²) in [5.41, 5.74) is 1.33. The van der Waals surface area contributed by atoms with Gasteiger partial charge in [0, 0.05) is 5.56 Å². The molecule has 3 rings (SSSR count). The predicted octanol–water partition coefficient (Wildman–Crippen LogP) is 1.34. The molecule has 0 spiro atoms. The van der Waals surface area contributed by atoms with Crippen LogP contribution in [0.25, 0.3) is 11.4 Å². The Morgan fingerprint density at radius 3 is 2.53 bits per heavy atom. The number of aliphatic hydroxyl groups is 1. The molecule has 1 N–H and O–H groups in total. The quantitative estimate of drug-likeness (QED) is 0.864. The molecule has 17 heavy (non-hydrogen) atoms. The van der Waals surface area contributed by atoms with Crippen LogP contribution in [0.3, 0.4) is 0 Å². The van der Waals surface area contributed by atoms with E-state index in [1.54, 1.807) is 4.80 Å². The van der Waals surface area contributed by atoms with Gasteiger partial charge in [-0.2, -0.15) is 4.80 Å². The van der Waals surface area contributed by atoms with Crippen molar-refractivity contribution in [3.8, 4) is 11.4 Å². The summed E-state index contributed by atoms with van der Waals surface area (Å²) in [6.45, 7) is 2.68. The Bertz CT molecular complexity index is 528. The molecule has 0 radical (unpaired) electrons. The number of hydrogen-bond donors (Lipinski definition) is 1. The van der Waals surface area contributed by atoms with Crippen molar-refractivity contribution in [3.63, 3.8) is 0 Å². The third-order valence-corrected chi connectivity index (χ3v) is 3.14. The summed E-state index contributed by atoms with van der Waals surface area (Å²) >= 11 is 0. The summed E-state index contributed by atoms with van der Waals surface area (Å²) in [6.07, 6.45) is 1.72. The standard InChI is InChI=1S/C12H14N4O/c1-2-16-14-11(13-15-16)9-3-5-10(6-4-9)12(17)7-8-12/h3-6,17H,2,7-8H2,1H3. The summed E-state index contributed by atoms with van der Waals surface area (Å²) in [5, 5.41) is 22.1. The maximum Gasteiger partial charge on any atom is 0.204 e. The van der Waals surface area contributed by atoms with Crippen LogP contribution in [0.4, 0.5) is 0 Å². The molecule has 0 atom stereocenters. The predicted molar refractivity (Wildman–Crippen MR) is 62.1 cm³/mol. The number of tetrazole rings is 1. The Morgan fingerprint density at radius 1 is 1.29 bits per heavy atom. The van der Waals surface area contributed by atoms with Gasteiger partial charge in [0.2, 0.25) is 5.82 Å². The van der Waals surface area contributed by atoms with Crippen molar-refractivity contribution in [1.29, 1.82) is 0 Å². The monoisotopic (exact) mass is 230 g/mol. The molecule has 0 amide bonds. The van der Waals surface area contributed by atoms with Gasteiger partial charge in [0.25, 0.3) is 0 Å². The summed E-state index contributed by atoms with van der Waals surface area (Å²) in [7, 11) is 0. The lowest BCUT2D eigenvalue weighted by Crippen LogP contribution is -2.03. The van der Waals surface area contributed by atoms with Gasteiger partial charge in [0.1, 0.15) is 0 Å². The van der Waals surface area contributed by atoms with Gasteiger partial charge in [-0.3, -0.25) is 0 Å². The number of aryl methyl sites for hydroxylation is 1. The molecule has 5 nitrogen and oxygen atoms in total. The minimum absolute atomic E-state index is 0.576. The molecule has 0 unspecified atom stereocenters. The van der Waals surface area contributed by atoms with Crippen LogP contribution in [0.1, 0.15) is 25.3 Å². The highest BCUT2D eigenvalue weighted by atomic mass is 16.3. The van der Waals surface area contributed by atoms with Crippen LogP contribution in [0, 0.1) is 0 Å². The van der Waals surface area contributed by atoms with Gasteiger partial charge < -0.3 is 5.11 Å². The van der Waals surface area contributed by atoms with Crippen LogP contribution in [-0.4, -0.2) is 25.3 Å². The lowest BCUT2D eigenvalue weighted by Gasteiger charge is -2.07. The molecule has 2 aromatic rings. The Kier molecular flexibility index (Phi) is 2.22. The van der Waals surface area contributed by atoms with E-state index in [0.717, 1.165) is 24.0 Å². The molecule has 1 heterocycles. The zero-order valence-electron chi connectivity index (χ0n) is 9.67. The fourth-order valence-corrected chi connectivity index (χ4v) is 1.83. The molecule has 1 aliphatic carbocycles. The average molecular weight is 230 g/mol. The van der Waals surface area contributed by atoms with Crippen LogP contribution < -0.4 is 0 Å². The van der Waals surface area contributed by atoms with Crippen molar-refractivity contribution in [2.75, 3.05) is 0 Å². The van der Waals surface area contributed by atoms with E-state index >= 15 is 0 Å². The second kappa shape index (κ2) is 3.63. The first-order valence-electron chi connectivity index (χ1n) is 5.82. The highest BCUT2D eigenvalue weighted by molar-refractivity contribution is 5.54. The third kappa shape index (κ3) is 1.82. The van der Waals surface area contributed by atoms with E-state index in [4.69, 9.17) is 0 Å². The van der Waals surface area contributed by atoms with Gasteiger partial charge in [-0.1, -0.05) is 24.3 Å². The molecule has 0 saturated heterocycles. The van der Waals surface area contributed by atoms with E-state index in [1.807, 2.05) is 31.2 Å². The summed E-state index contributed by atoms with van der Waals surface area (Å²) in [6, 6.07) is 7.75. The fourth-order valence-electron chi connectivity index (χ4n) is 1.83. The first-order chi connectivity index (χ1) is 8.21. The Morgan fingerprint density at radius 2 is 2.00 bits per heavy atom. The number of hydrogen-bond acceptors (Lipinski definition) is 4. The van der Waals surface area contributed by atoms with Crippen LogP contribution in [0.5, 0.6) is 0 Å². The molecule has 1 aliphatic rings. The maximum absolute atomic E-state index is 9.96. The van der Waals surface area contributed by atoms with Crippen molar-refractivity contribution in [2.24, 2.45) is 0 Å². The molecule has 1 aromatic carbocycles. The summed E-state index contributed by atoms with van der Waals surface area (Å²) in [5.74, 6) is 0.626. The average Bonchev–Trinajstić information content (AvgIpc) is 2.95. The van der Waals surface area contributed by atoms with Crippen molar-refractivity contribution in [1.82, 2.24) is 20.2 Å². The lowest BCUT2D eigenvalue weighted by molar-refractivity contribution is 0.151. The Balaban J connectivity index is 1.89. The van der Waals surface area contributed by atoms with E-state index in [2.05, 4.69) is 15.4 Å². The fraction of sp³-hybridized carbons (Fsp3) is 0.417. The SMILES string of the molecule is CCn1nnc(-c2ccc(C3(O)CC3)cc2)n1. The largest absolute Gasteiger partial charge is 0.385 e. The van der Waals surface area contributed by atoms with Crippen molar-refractivity contribution in [2.45, 2.75) is 31.9 Å². The number of benzene rings is 1.